The van der Waals surface area contributed by atoms with Crippen LogP contribution in [0, 0.1) is 12.2 Å². The fourth-order valence-electron chi connectivity index (χ4n) is 4.94. The molecule has 2 aliphatic rings. The molecule has 2 aromatic carbocycles. The number of likely N-dealkylation sites (N-methyl/N-ethyl adjacent to an activating group) is 1. The van der Waals surface area contributed by atoms with Gasteiger partial charge in [0.25, 0.3) is 0 Å². The molecule has 32 heavy (non-hydrogen) atoms. The Balaban J connectivity index is 1.44. The Morgan fingerprint density at radius 3 is 2.41 bits per heavy atom. The summed E-state index contributed by atoms with van der Waals surface area (Å²) in [5.41, 5.74) is 0.633. The number of anilines is 1. The van der Waals surface area contributed by atoms with E-state index in [1.54, 1.807) is 0 Å². The summed E-state index contributed by atoms with van der Waals surface area (Å²) >= 11 is 0. The third kappa shape index (κ3) is 5.26. The van der Waals surface area contributed by atoms with Crippen LogP contribution in [0.3, 0.4) is 0 Å². The maximum atomic E-state index is 14.1. The zero-order chi connectivity index (χ0) is 22.7. The lowest BCUT2D eigenvalue weighted by atomic mass is 9.79. The largest absolute Gasteiger partial charge is 0.416 e. The summed E-state index contributed by atoms with van der Waals surface area (Å²) in [6.07, 6.45) is 1.10. The lowest BCUT2D eigenvalue weighted by Crippen LogP contribution is -2.51. The summed E-state index contributed by atoms with van der Waals surface area (Å²) in [5.74, 6) is -0.429. The topological polar surface area (TPSA) is 18.5 Å². The van der Waals surface area contributed by atoms with E-state index in [-0.39, 0.29) is 12.1 Å². The van der Waals surface area contributed by atoms with E-state index >= 15 is 0 Å². The molecule has 0 aromatic heterocycles. The highest BCUT2D eigenvalue weighted by molar-refractivity contribution is 5.47. The number of halogens is 4. The summed E-state index contributed by atoms with van der Waals surface area (Å²) in [5, 5.41) is 2.96. The molecule has 1 unspecified atom stereocenters. The van der Waals surface area contributed by atoms with Gasteiger partial charge in [0.15, 0.2) is 0 Å². The number of nitrogens with one attached hydrogen (secondary N) is 1. The normalized spacial score (nSPS) is 23.3. The third-order valence-corrected chi connectivity index (χ3v) is 6.79. The predicted molar refractivity (Wildman–Crippen MR) is 119 cm³/mol. The van der Waals surface area contributed by atoms with E-state index in [0.29, 0.717) is 17.6 Å². The van der Waals surface area contributed by atoms with Crippen LogP contribution in [0.2, 0.25) is 0 Å². The van der Waals surface area contributed by atoms with Gasteiger partial charge in [0.1, 0.15) is 5.82 Å². The minimum atomic E-state index is -4.58. The van der Waals surface area contributed by atoms with Crippen LogP contribution in [-0.4, -0.2) is 49.1 Å². The molecule has 7 heteroatoms. The molecule has 1 radical (unpaired) electrons. The minimum absolute atomic E-state index is 0.220. The van der Waals surface area contributed by atoms with E-state index in [1.165, 1.54) is 5.56 Å². The zero-order valence-corrected chi connectivity index (χ0v) is 18.3. The van der Waals surface area contributed by atoms with Crippen LogP contribution in [0.25, 0.3) is 0 Å². The van der Waals surface area contributed by atoms with E-state index < -0.39 is 17.6 Å². The molecule has 1 N–H and O–H groups in total. The lowest BCUT2D eigenvalue weighted by molar-refractivity contribution is -0.138. The van der Waals surface area contributed by atoms with Gasteiger partial charge in [-0.15, -0.1) is 0 Å². The number of hydrogen-bond acceptors (Lipinski definition) is 3. The number of nitrogens with zero attached hydrogens (tertiary/aromatic N) is 2. The smallest absolute Gasteiger partial charge is 0.381 e. The predicted octanol–water partition coefficient (Wildman–Crippen LogP) is 5.54. The van der Waals surface area contributed by atoms with Crippen molar-refractivity contribution in [3.8, 4) is 0 Å². The maximum absolute atomic E-state index is 14.1. The Kier molecular flexibility index (Phi) is 7.05. The van der Waals surface area contributed by atoms with Gasteiger partial charge in [0.05, 0.1) is 5.56 Å². The van der Waals surface area contributed by atoms with Gasteiger partial charge >= 0.3 is 6.18 Å². The number of piperazine rings is 1. The fraction of sp³-hybridized carbons (Fsp3) is 0.480. The molecule has 1 aliphatic heterocycles. The molecular formula is C25H30F4N3. The molecule has 1 heterocycles. The monoisotopic (exact) mass is 448 g/mol. The molecule has 2 fully saturated rings. The Morgan fingerprint density at radius 1 is 1.00 bits per heavy atom. The van der Waals surface area contributed by atoms with E-state index in [4.69, 9.17) is 0 Å². The first-order chi connectivity index (χ1) is 15.3. The van der Waals surface area contributed by atoms with Crippen LogP contribution in [0.1, 0.15) is 41.9 Å². The first kappa shape index (κ1) is 23.1. The van der Waals surface area contributed by atoms with Crippen LogP contribution < -0.4 is 5.32 Å². The van der Waals surface area contributed by atoms with Gasteiger partial charge in [0, 0.05) is 50.0 Å². The van der Waals surface area contributed by atoms with Crippen molar-refractivity contribution in [3.63, 3.8) is 0 Å². The molecule has 1 aliphatic carbocycles. The quantitative estimate of drug-likeness (QED) is 0.606. The van der Waals surface area contributed by atoms with Gasteiger partial charge < -0.3 is 10.2 Å². The van der Waals surface area contributed by atoms with Crippen molar-refractivity contribution >= 4 is 5.69 Å². The summed E-state index contributed by atoms with van der Waals surface area (Å²) < 4.78 is 53.7. The second-order valence-corrected chi connectivity index (χ2v) is 8.85. The number of rotatable bonds is 5. The molecule has 2 aromatic rings. The Morgan fingerprint density at radius 2 is 1.72 bits per heavy atom. The molecule has 4 rings (SSSR count). The SMILES string of the molecule is CN1CCN([C@H]2CC[CH]CC2c2ccc(NCc3c(F)cccc3C(F)(F)F)cc2)CC1. The Hall–Kier alpha value is -2.12. The lowest BCUT2D eigenvalue weighted by Gasteiger charge is -2.43. The summed E-state index contributed by atoms with van der Waals surface area (Å²) in [6, 6.07) is 11.5. The number of hydrogen-bond donors (Lipinski definition) is 1. The highest BCUT2D eigenvalue weighted by Crippen LogP contribution is 2.37. The molecule has 0 spiro atoms. The molecule has 1 saturated heterocycles. The summed E-state index contributed by atoms with van der Waals surface area (Å²) in [4.78, 5) is 4.97. The van der Waals surface area contributed by atoms with Crippen molar-refractivity contribution < 1.29 is 17.6 Å². The van der Waals surface area contributed by atoms with Crippen molar-refractivity contribution in [2.75, 3.05) is 38.5 Å². The van der Waals surface area contributed by atoms with E-state index in [9.17, 15) is 17.6 Å². The van der Waals surface area contributed by atoms with Crippen LogP contribution in [0.5, 0.6) is 0 Å². The average Bonchev–Trinajstić information content (AvgIpc) is 2.78. The third-order valence-electron chi connectivity index (χ3n) is 6.79. The molecule has 2 atom stereocenters. The molecule has 0 amide bonds. The van der Waals surface area contributed by atoms with Crippen LogP contribution in [-0.2, 0) is 12.7 Å². The van der Waals surface area contributed by atoms with Gasteiger partial charge in [-0.1, -0.05) is 18.2 Å². The van der Waals surface area contributed by atoms with E-state index in [2.05, 4.69) is 40.7 Å². The van der Waals surface area contributed by atoms with Crippen LogP contribution in [0.15, 0.2) is 42.5 Å². The van der Waals surface area contributed by atoms with Crippen LogP contribution >= 0.6 is 0 Å². The highest BCUT2D eigenvalue weighted by Gasteiger charge is 2.34. The van der Waals surface area contributed by atoms with Gasteiger partial charge in [-0.2, -0.15) is 13.2 Å². The van der Waals surface area contributed by atoms with Gasteiger partial charge in [-0.25, -0.2) is 4.39 Å². The maximum Gasteiger partial charge on any atom is 0.416 e. The minimum Gasteiger partial charge on any atom is -0.381 e. The van der Waals surface area contributed by atoms with Crippen molar-refractivity contribution in [2.45, 2.75) is 43.9 Å². The van der Waals surface area contributed by atoms with Crippen molar-refractivity contribution in [1.82, 2.24) is 9.80 Å². The number of alkyl halides is 3. The van der Waals surface area contributed by atoms with Crippen molar-refractivity contribution in [2.24, 2.45) is 0 Å². The Labute approximate surface area is 187 Å². The van der Waals surface area contributed by atoms with Gasteiger partial charge in [-0.05, 0) is 68.5 Å². The zero-order valence-electron chi connectivity index (χ0n) is 18.3. The van der Waals surface area contributed by atoms with E-state index in [0.717, 1.165) is 63.6 Å². The standard InChI is InChI=1S/C25H30F4N3/c1-31-13-15-32(16-14-31)24-8-3-2-5-20(24)18-9-11-19(12-10-18)30-17-21-22(25(27,28)29)6-4-7-23(21)26/h2,4,6-7,9-12,20,24,30H,3,5,8,13-17H2,1H3/t20?,24-/m0/s1. The van der Waals surface area contributed by atoms with Crippen LogP contribution in [0.4, 0.5) is 23.2 Å². The first-order valence-corrected chi connectivity index (χ1v) is 11.3. The van der Waals surface area contributed by atoms with Crippen molar-refractivity contribution in [1.29, 1.82) is 0 Å². The van der Waals surface area contributed by atoms with Gasteiger partial charge in [-0.3, -0.25) is 4.90 Å². The fourth-order valence-corrected chi connectivity index (χ4v) is 4.94. The molecular weight excluding hydrogens is 418 g/mol. The summed E-state index contributed by atoms with van der Waals surface area (Å²) in [7, 11) is 2.16. The highest BCUT2D eigenvalue weighted by atomic mass is 19.4. The number of benzene rings is 2. The second kappa shape index (κ2) is 9.79. The molecule has 173 valence electrons. The molecule has 0 bridgehead atoms. The second-order valence-electron chi connectivity index (χ2n) is 8.85. The molecule has 3 nitrogen and oxygen atoms in total. The Bertz CT molecular complexity index is 889. The first-order valence-electron chi connectivity index (χ1n) is 11.3. The van der Waals surface area contributed by atoms with Gasteiger partial charge in [0.2, 0.25) is 0 Å². The average molecular weight is 449 g/mol. The van der Waals surface area contributed by atoms with E-state index in [1.807, 2.05) is 12.1 Å². The van der Waals surface area contributed by atoms with Crippen molar-refractivity contribution in [3.05, 3.63) is 71.4 Å². The summed E-state index contributed by atoms with van der Waals surface area (Å²) in [6.45, 7) is 4.13. The molecule has 1 saturated carbocycles.